The summed E-state index contributed by atoms with van der Waals surface area (Å²) in [4.78, 5) is 15.0. The highest BCUT2D eigenvalue weighted by molar-refractivity contribution is 7.99. The third-order valence-corrected chi connectivity index (χ3v) is 4.01. The van der Waals surface area contributed by atoms with Crippen LogP contribution in [-0.4, -0.2) is 27.9 Å². The third kappa shape index (κ3) is 1.92. The van der Waals surface area contributed by atoms with Crippen LogP contribution >= 0.6 is 23.1 Å². The quantitative estimate of drug-likeness (QED) is 0.800. The number of rotatable bonds is 2. The first-order valence-electron chi connectivity index (χ1n) is 4.19. The largest absolute Gasteiger partial charge is 0.480 e. The number of hydrogen-bond acceptors (Lipinski definition) is 5. The highest BCUT2D eigenvalue weighted by atomic mass is 32.2. The summed E-state index contributed by atoms with van der Waals surface area (Å²) in [5, 5.41) is 14.9. The summed E-state index contributed by atoms with van der Waals surface area (Å²) in [6.07, 6.45) is 0. The first-order chi connectivity index (χ1) is 6.66. The van der Waals surface area contributed by atoms with Gasteiger partial charge in [0.15, 0.2) is 0 Å². The molecular weight excluding hydrogens is 220 g/mol. The number of nitrogens with zero attached hydrogens (tertiary/aromatic N) is 1. The number of aromatic nitrogens is 1. The highest BCUT2D eigenvalue weighted by Crippen LogP contribution is 2.33. The zero-order valence-electron chi connectivity index (χ0n) is 7.56. The Kier molecular flexibility index (Phi) is 2.76. The second-order valence-corrected chi connectivity index (χ2v) is 5.26. The summed E-state index contributed by atoms with van der Waals surface area (Å²) in [5.74, 6) is -0.178. The molecule has 0 amide bonds. The standard InChI is InChI=1S/C8H10N2O2S2/c1-4-9-5(2-13-4)7-10-6(3-14-7)8(11)12/h2,6-7,10H,3H2,1H3,(H,11,12)/t6-,7?/m1/s1. The zero-order valence-corrected chi connectivity index (χ0v) is 9.19. The van der Waals surface area contributed by atoms with Gasteiger partial charge in [-0.05, 0) is 6.92 Å². The predicted octanol–water partition coefficient (Wildman–Crippen LogP) is 1.24. The van der Waals surface area contributed by atoms with Crippen molar-refractivity contribution in [1.29, 1.82) is 0 Å². The minimum absolute atomic E-state index is 0.0426. The maximum atomic E-state index is 10.7. The van der Waals surface area contributed by atoms with Gasteiger partial charge >= 0.3 is 5.97 Å². The van der Waals surface area contributed by atoms with Crippen LogP contribution in [0.1, 0.15) is 16.1 Å². The number of aryl methyl sites for hydroxylation is 1. The number of carboxylic acids is 1. The SMILES string of the molecule is Cc1nc(C2N[C@@H](C(=O)O)CS2)cs1. The van der Waals surface area contributed by atoms with Gasteiger partial charge in [-0.15, -0.1) is 23.1 Å². The predicted molar refractivity (Wildman–Crippen MR) is 56.6 cm³/mol. The zero-order chi connectivity index (χ0) is 10.1. The van der Waals surface area contributed by atoms with Crippen molar-refractivity contribution in [2.45, 2.75) is 18.3 Å². The van der Waals surface area contributed by atoms with Gasteiger partial charge in [-0.2, -0.15) is 0 Å². The van der Waals surface area contributed by atoms with E-state index in [9.17, 15) is 4.79 Å². The molecule has 2 N–H and O–H groups in total. The summed E-state index contributed by atoms with van der Waals surface area (Å²) < 4.78 is 0. The van der Waals surface area contributed by atoms with Crippen LogP contribution in [0.25, 0.3) is 0 Å². The van der Waals surface area contributed by atoms with E-state index >= 15 is 0 Å². The van der Waals surface area contributed by atoms with Crippen molar-refractivity contribution < 1.29 is 9.90 Å². The van der Waals surface area contributed by atoms with Crippen LogP contribution in [0.2, 0.25) is 0 Å². The van der Waals surface area contributed by atoms with E-state index in [0.29, 0.717) is 5.75 Å². The maximum absolute atomic E-state index is 10.7. The lowest BCUT2D eigenvalue weighted by Crippen LogP contribution is -2.33. The van der Waals surface area contributed by atoms with Gasteiger partial charge in [0.05, 0.1) is 16.1 Å². The van der Waals surface area contributed by atoms with Gasteiger partial charge in [0.1, 0.15) is 6.04 Å². The molecule has 2 atom stereocenters. The topological polar surface area (TPSA) is 62.2 Å². The minimum Gasteiger partial charge on any atom is -0.480 e. The molecule has 0 saturated carbocycles. The molecule has 0 aromatic carbocycles. The van der Waals surface area contributed by atoms with Crippen LogP contribution < -0.4 is 5.32 Å². The van der Waals surface area contributed by atoms with E-state index in [-0.39, 0.29) is 5.37 Å². The normalized spacial score (nSPS) is 26.6. The Bertz CT molecular complexity index is 353. The molecule has 1 aromatic rings. The number of carbonyl (C=O) groups is 1. The molecule has 4 nitrogen and oxygen atoms in total. The molecule has 0 radical (unpaired) electrons. The summed E-state index contributed by atoms with van der Waals surface area (Å²) >= 11 is 3.19. The molecule has 0 aliphatic carbocycles. The fraction of sp³-hybridized carbons (Fsp3) is 0.500. The Hall–Kier alpha value is -0.590. The van der Waals surface area contributed by atoms with Crippen molar-refractivity contribution in [3.05, 3.63) is 16.1 Å². The maximum Gasteiger partial charge on any atom is 0.321 e. The average molecular weight is 230 g/mol. The highest BCUT2D eigenvalue weighted by Gasteiger charge is 2.31. The number of aliphatic carboxylic acids is 1. The molecule has 2 rings (SSSR count). The van der Waals surface area contributed by atoms with Crippen LogP contribution in [0, 0.1) is 6.92 Å². The van der Waals surface area contributed by atoms with Crippen LogP contribution in [-0.2, 0) is 4.79 Å². The Morgan fingerprint density at radius 1 is 1.79 bits per heavy atom. The molecule has 2 heterocycles. The molecule has 0 spiro atoms. The lowest BCUT2D eigenvalue weighted by atomic mass is 10.3. The Morgan fingerprint density at radius 3 is 3.07 bits per heavy atom. The minimum atomic E-state index is -0.785. The summed E-state index contributed by atoms with van der Waals surface area (Å²) in [6.45, 7) is 1.95. The van der Waals surface area contributed by atoms with Gasteiger partial charge in [-0.1, -0.05) is 0 Å². The van der Waals surface area contributed by atoms with Crippen molar-refractivity contribution >= 4 is 29.1 Å². The van der Waals surface area contributed by atoms with E-state index in [0.717, 1.165) is 10.7 Å². The summed E-state index contributed by atoms with van der Waals surface area (Å²) in [7, 11) is 0. The second kappa shape index (κ2) is 3.88. The lowest BCUT2D eigenvalue weighted by molar-refractivity contribution is -0.138. The summed E-state index contributed by atoms with van der Waals surface area (Å²) in [6, 6.07) is -0.438. The Labute approximate surface area is 89.7 Å². The molecule has 1 aromatic heterocycles. The lowest BCUT2D eigenvalue weighted by Gasteiger charge is -2.07. The molecule has 1 aliphatic heterocycles. The Balaban J connectivity index is 2.05. The number of nitrogens with one attached hydrogen (secondary N) is 1. The van der Waals surface area contributed by atoms with E-state index in [1.165, 1.54) is 0 Å². The first kappa shape index (κ1) is 9.95. The van der Waals surface area contributed by atoms with Crippen molar-refractivity contribution in [3.8, 4) is 0 Å². The van der Waals surface area contributed by atoms with E-state index in [1.807, 2.05) is 12.3 Å². The third-order valence-electron chi connectivity index (χ3n) is 1.99. The van der Waals surface area contributed by atoms with Crippen molar-refractivity contribution in [2.75, 3.05) is 5.75 Å². The molecule has 1 saturated heterocycles. The van der Waals surface area contributed by atoms with Crippen LogP contribution in [0.5, 0.6) is 0 Å². The van der Waals surface area contributed by atoms with Crippen LogP contribution in [0.3, 0.4) is 0 Å². The molecule has 1 fully saturated rings. The smallest absolute Gasteiger partial charge is 0.321 e. The monoisotopic (exact) mass is 230 g/mol. The summed E-state index contributed by atoms with van der Waals surface area (Å²) in [5.41, 5.74) is 0.946. The van der Waals surface area contributed by atoms with Gasteiger partial charge < -0.3 is 5.11 Å². The van der Waals surface area contributed by atoms with Crippen molar-refractivity contribution in [1.82, 2.24) is 10.3 Å². The van der Waals surface area contributed by atoms with Crippen molar-refractivity contribution in [3.63, 3.8) is 0 Å². The van der Waals surface area contributed by atoms with E-state index in [4.69, 9.17) is 5.11 Å². The van der Waals surface area contributed by atoms with Gasteiger partial charge in [-0.3, -0.25) is 10.1 Å². The number of thioether (sulfide) groups is 1. The van der Waals surface area contributed by atoms with Crippen LogP contribution in [0.15, 0.2) is 5.38 Å². The van der Waals surface area contributed by atoms with Gasteiger partial charge in [-0.25, -0.2) is 4.98 Å². The van der Waals surface area contributed by atoms with E-state index in [2.05, 4.69) is 10.3 Å². The molecule has 76 valence electrons. The molecular formula is C8H10N2O2S2. The Morgan fingerprint density at radius 2 is 2.57 bits per heavy atom. The molecule has 1 unspecified atom stereocenters. The average Bonchev–Trinajstić information content (AvgIpc) is 2.70. The molecule has 1 aliphatic rings. The molecule has 6 heteroatoms. The van der Waals surface area contributed by atoms with Gasteiger partial charge in [0.2, 0.25) is 0 Å². The van der Waals surface area contributed by atoms with Crippen LogP contribution in [0.4, 0.5) is 0 Å². The second-order valence-electron chi connectivity index (χ2n) is 3.06. The fourth-order valence-electron chi connectivity index (χ4n) is 1.29. The van der Waals surface area contributed by atoms with E-state index in [1.54, 1.807) is 23.1 Å². The van der Waals surface area contributed by atoms with Gasteiger partial charge in [0.25, 0.3) is 0 Å². The molecule has 14 heavy (non-hydrogen) atoms. The van der Waals surface area contributed by atoms with Crippen molar-refractivity contribution in [2.24, 2.45) is 0 Å². The van der Waals surface area contributed by atoms with E-state index < -0.39 is 12.0 Å². The first-order valence-corrected chi connectivity index (χ1v) is 6.12. The number of carboxylic acid groups (broad SMARTS) is 1. The number of thiazole rings is 1. The molecule has 0 bridgehead atoms. The van der Waals surface area contributed by atoms with Gasteiger partial charge in [0, 0.05) is 11.1 Å². The number of hydrogen-bond donors (Lipinski definition) is 2. The fourth-order valence-corrected chi connectivity index (χ4v) is 3.19.